The minimum absolute atomic E-state index is 0.336. The third-order valence-electron chi connectivity index (χ3n) is 4.04. The van der Waals surface area contributed by atoms with Crippen molar-refractivity contribution in [2.45, 2.75) is 18.5 Å². The van der Waals surface area contributed by atoms with Gasteiger partial charge in [-0.15, -0.1) is 0 Å². The zero-order chi connectivity index (χ0) is 13.8. The van der Waals surface area contributed by atoms with Crippen molar-refractivity contribution in [3.63, 3.8) is 0 Å². The summed E-state index contributed by atoms with van der Waals surface area (Å²) in [4.78, 5) is 4.90. The van der Waals surface area contributed by atoms with Crippen molar-refractivity contribution >= 4 is 11.6 Å². The van der Waals surface area contributed by atoms with Crippen LogP contribution in [0.1, 0.15) is 18.0 Å². The highest BCUT2D eigenvalue weighted by Gasteiger charge is 2.28. The van der Waals surface area contributed by atoms with Crippen LogP contribution in [-0.2, 0) is 0 Å². The van der Waals surface area contributed by atoms with Gasteiger partial charge in [0.1, 0.15) is 0 Å². The summed E-state index contributed by atoms with van der Waals surface area (Å²) in [6.45, 7) is 3.42. The summed E-state index contributed by atoms with van der Waals surface area (Å²) in [5.41, 5.74) is 1.30. The molecule has 0 aromatic heterocycles. The maximum atomic E-state index is 5.98. The SMILES string of the molecule is CNC(c1ccc(Cl)cc1)C1CN(C)CCCN1C. The molecular formula is C15H24ClN3. The molecule has 2 unspecified atom stereocenters. The number of nitrogens with one attached hydrogen (secondary N) is 1. The predicted octanol–water partition coefficient (Wildman–Crippen LogP) is 2.24. The Hall–Kier alpha value is -0.610. The summed E-state index contributed by atoms with van der Waals surface area (Å²) in [6.07, 6.45) is 1.24. The molecule has 0 saturated carbocycles. The van der Waals surface area contributed by atoms with Crippen LogP contribution in [0.4, 0.5) is 0 Å². The molecule has 1 aliphatic rings. The van der Waals surface area contributed by atoms with Crippen LogP contribution >= 0.6 is 11.6 Å². The van der Waals surface area contributed by atoms with Crippen LogP contribution in [0, 0.1) is 0 Å². The van der Waals surface area contributed by atoms with E-state index in [-0.39, 0.29) is 0 Å². The third kappa shape index (κ3) is 3.69. The van der Waals surface area contributed by atoms with Crippen molar-refractivity contribution in [3.8, 4) is 0 Å². The highest BCUT2D eigenvalue weighted by Crippen LogP contribution is 2.24. The van der Waals surface area contributed by atoms with Crippen LogP contribution in [-0.4, -0.2) is 56.6 Å². The van der Waals surface area contributed by atoms with E-state index >= 15 is 0 Å². The molecule has 19 heavy (non-hydrogen) atoms. The minimum atomic E-state index is 0.336. The average Bonchev–Trinajstić information content (AvgIpc) is 2.55. The lowest BCUT2D eigenvalue weighted by Gasteiger charge is -2.34. The fourth-order valence-electron chi connectivity index (χ4n) is 2.92. The summed E-state index contributed by atoms with van der Waals surface area (Å²) in [6, 6.07) is 9.02. The number of hydrogen-bond donors (Lipinski definition) is 1. The second kappa shape index (κ2) is 6.71. The Balaban J connectivity index is 2.21. The topological polar surface area (TPSA) is 18.5 Å². The van der Waals surface area contributed by atoms with E-state index in [9.17, 15) is 0 Å². The maximum absolute atomic E-state index is 5.98. The lowest BCUT2D eigenvalue weighted by Crippen LogP contribution is -2.46. The molecule has 2 atom stereocenters. The van der Waals surface area contributed by atoms with Gasteiger partial charge in [0, 0.05) is 23.7 Å². The molecule has 1 fully saturated rings. The van der Waals surface area contributed by atoms with Crippen LogP contribution in [0.2, 0.25) is 5.02 Å². The highest BCUT2D eigenvalue weighted by atomic mass is 35.5. The molecule has 0 bridgehead atoms. The quantitative estimate of drug-likeness (QED) is 0.917. The lowest BCUT2D eigenvalue weighted by molar-refractivity contribution is 0.182. The van der Waals surface area contributed by atoms with E-state index in [0.717, 1.165) is 18.1 Å². The summed E-state index contributed by atoms with van der Waals surface area (Å²) >= 11 is 5.98. The molecule has 0 radical (unpaired) electrons. The molecule has 2 rings (SSSR count). The zero-order valence-corrected chi connectivity index (χ0v) is 12.8. The average molecular weight is 282 g/mol. The van der Waals surface area contributed by atoms with E-state index in [2.05, 4.69) is 41.3 Å². The van der Waals surface area contributed by atoms with Crippen molar-refractivity contribution in [3.05, 3.63) is 34.9 Å². The first-order valence-corrected chi connectivity index (χ1v) is 7.31. The van der Waals surface area contributed by atoms with Crippen LogP contribution in [0.25, 0.3) is 0 Å². The smallest absolute Gasteiger partial charge is 0.0488 e. The first kappa shape index (κ1) is 14.8. The largest absolute Gasteiger partial charge is 0.312 e. The summed E-state index contributed by atoms with van der Waals surface area (Å²) in [5.74, 6) is 0. The Morgan fingerprint density at radius 3 is 2.53 bits per heavy atom. The molecule has 4 heteroatoms. The minimum Gasteiger partial charge on any atom is -0.312 e. The molecule has 0 aliphatic carbocycles. The molecule has 1 heterocycles. The molecule has 3 nitrogen and oxygen atoms in total. The molecule has 1 N–H and O–H groups in total. The molecule has 1 aliphatic heterocycles. The van der Waals surface area contributed by atoms with E-state index in [1.807, 2.05) is 19.2 Å². The molecule has 1 aromatic rings. The number of benzene rings is 1. The normalized spacial score (nSPS) is 24.1. The van der Waals surface area contributed by atoms with Crippen LogP contribution in [0.15, 0.2) is 24.3 Å². The van der Waals surface area contributed by atoms with E-state index in [1.165, 1.54) is 18.5 Å². The van der Waals surface area contributed by atoms with Crippen LogP contribution in [0.5, 0.6) is 0 Å². The van der Waals surface area contributed by atoms with Crippen LogP contribution in [0.3, 0.4) is 0 Å². The standard InChI is InChI=1S/C15H24ClN3/c1-17-15(12-5-7-13(16)8-6-12)14-11-18(2)9-4-10-19(14)3/h5-8,14-15,17H,4,9-11H2,1-3H3. The number of halogens is 1. The van der Waals surface area contributed by atoms with Crippen molar-refractivity contribution in [1.29, 1.82) is 0 Å². The highest BCUT2D eigenvalue weighted by molar-refractivity contribution is 6.30. The molecule has 1 aromatic carbocycles. The number of hydrogen-bond acceptors (Lipinski definition) is 3. The van der Waals surface area contributed by atoms with E-state index in [1.54, 1.807) is 0 Å². The van der Waals surface area contributed by atoms with Crippen molar-refractivity contribution in [2.24, 2.45) is 0 Å². The first-order valence-electron chi connectivity index (χ1n) is 6.93. The summed E-state index contributed by atoms with van der Waals surface area (Å²) < 4.78 is 0. The Morgan fingerprint density at radius 2 is 1.89 bits per heavy atom. The fraction of sp³-hybridized carbons (Fsp3) is 0.600. The fourth-order valence-corrected chi connectivity index (χ4v) is 3.04. The number of nitrogens with zero attached hydrogens (tertiary/aromatic N) is 2. The molecular weight excluding hydrogens is 258 g/mol. The second-order valence-corrected chi connectivity index (χ2v) is 5.92. The summed E-state index contributed by atoms with van der Waals surface area (Å²) in [7, 11) is 6.48. The molecule has 0 amide bonds. The van der Waals surface area contributed by atoms with Crippen LogP contribution < -0.4 is 5.32 Å². The van der Waals surface area contributed by atoms with E-state index < -0.39 is 0 Å². The van der Waals surface area contributed by atoms with Gasteiger partial charge < -0.3 is 15.1 Å². The Morgan fingerprint density at radius 1 is 1.21 bits per heavy atom. The van der Waals surface area contributed by atoms with Gasteiger partial charge in [0.25, 0.3) is 0 Å². The van der Waals surface area contributed by atoms with Crippen molar-refractivity contribution < 1.29 is 0 Å². The van der Waals surface area contributed by atoms with Gasteiger partial charge in [-0.2, -0.15) is 0 Å². The molecule has 106 valence electrons. The molecule has 0 spiro atoms. The Kier molecular flexibility index (Phi) is 5.22. The van der Waals surface area contributed by atoms with Crippen molar-refractivity contribution in [1.82, 2.24) is 15.1 Å². The van der Waals surface area contributed by atoms with Gasteiger partial charge in [0.15, 0.2) is 0 Å². The predicted molar refractivity (Wildman–Crippen MR) is 81.8 cm³/mol. The second-order valence-electron chi connectivity index (χ2n) is 5.48. The van der Waals surface area contributed by atoms with Gasteiger partial charge in [-0.3, -0.25) is 0 Å². The van der Waals surface area contributed by atoms with Gasteiger partial charge in [-0.25, -0.2) is 0 Å². The van der Waals surface area contributed by atoms with Gasteiger partial charge in [-0.1, -0.05) is 23.7 Å². The molecule has 1 saturated heterocycles. The van der Waals surface area contributed by atoms with Gasteiger partial charge in [0.05, 0.1) is 0 Å². The maximum Gasteiger partial charge on any atom is 0.0488 e. The Labute approximate surface area is 121 Å². The zero-order valence-electron chi connectivity index (χ0n) is 12.1. The number of likely N-dealkylation sites (N-methyl/N-ethyl adjacent to an activating group) is 3. The van der Waals surface area contributed by atoms with E-state index in [0.29, 0.717) is 12.1 Å². The Bertz CT molecular complexity index is 393. The third-order valence-corrected chi connectivity index (χ3v) is 4.29. The van der Waals surface area contributed by atoms with Gasteiger partial charge >= 0.3 is 0 Å². The van der Waals surface area contributed by atoms with Gasteiger partial charge in [0.2, 0.25) is 0 Å². The first-order chi connectivity index (χ1) is 9.11. The van der Waals surface area contributed by atoms with Crippen molar-refractivity contribution in [2.75, 3.05) is 40.8 Å². The van der Waals surface area contributed by atoms with E-state index in [4.69, 9.17) is 11.6 Å². The lowest BCUT2D eigenvalue weighted by atomic mass is 9.98. The summed E-state index contributed by atoms with van der Waals surface area (Å²) in [5, 5.41) is 4.27. The monoisotopic (exact) mass is 281 g/mol. The van der Waals surface area contributed by atoms with Gasteiger partial charge in [-0.05, 0) is 58.3 Å². The number of rotatable bonds is 3.